The highest BCUT2D eigenvalue weighted by Gasteiger charge is 2.28. The summed E-state index contributed by atoms with van der Waals surface area (Å²) < 4.78 is 5.38. The lowest BCUT2D eigenvalue weighted by molar-refractivity contribution is -0.134. The number of carbonyl (C=O) groups excluding carboxylic acids is 1. The van der Waals surface area contributed by atoms with E-state index in [0.29, 0.717) is 12.3 Å². The van der Waals surface area contributed by atoms with Crippen LogP contribution in [0.5, 0.6) is 0 Å². The van der Waals surface area contributed by atoms with Gasteiger partial charge in [0.2, 0.25) is 5.91 Å². The van der Waals surface area contributed by atoms with Crippen molar-refractivity contribution < 1.29 is 9.53 Å². The second kappa shape index (κ2) is 8.46. The number of piperazine rings is 1. The number of halogens is 1. The molecule has 2 unspecified atom stereocenters. The van der Waals surface area contributed by atoms with E-state index in [1.54, 1.807) is 6.20 Å². The number of amides is 1. The number of pyridine rings is 1. The van der Waals surface area contributed by atoms with E-state index in [9.17, 15) is 4.79 Å². The molecular formula is C16H24ClN3O2. The Bertz CT molecular complexity index is 466. The van der Waals surface area contributed by atoms with Gasteiger partial charge in [0, 0.05) is 51.7 Å². The molecule has 0 bridgehead atoms. The Labute approximate surface area is 137 Å². The molecule has 2 atom stereocenters. The molecule has 1 aromatic heterocycles. The van der Waals surface area contributed by atoms with E-state index in [1.807, 2.05) is 17.2 Å². The van der Waals surface area contributed by atoms with E-state index < -0.39 is 0 Å². The van der Waals surface area contributed by atoms with Gasteiger partial charge in [-0.1, -0.05) is 6.07 Å². The summed E-state index contributed by atoms with van der Waals surface area (Å²) in [4.78, 5) is 18.8. The third-order valence-corrected chi connectivity index (χ3v) is 4.42. The van der Waals surface area contributed by atoms with E-state index in [1.165, 1.54) is 0 Å². The van der Waals surface area contributed by atoms with Crippen molar-refractivity contribution >= 4 is 18.3 Å². The van der Waals surface area contributed by atoms with Gasteiger partial charge in [0.25, 0.3) is 0 Å². The number of nitrogens with zero attached hydrogens (tertiary/aromatic N) is 2. The van der Waals surface area contributed by atoms with Gasteiger partial charge in [0.15, 0.2) is 0 Å². The number of hydrogen-bond donors (Lipinski definition) is 1. The number of carbonyl (C=O) groups is 1. The van der Waals surface area contributed by atoms with Crippen LogP contribution in [0, 0.1) is 5.92 Å². The molecule has 1 amide bonds. The molecule has 2 saturated heterocycles. The van der Waals surface area contributed by atoms with E-state index in [-0.39, 0.29) is 24.4 Å². The number of rotatable bonds is 4. The summed E-state index contributed by atoms with van der Waals surface area (Å²) in [6.07, 6.45) is 6.31. The van der Waals surface area contributed by atoms with Gasteiger partial charge >= 0.3 is 0 Å². The molecule has 2 fully saturated rings. The van der Waals surface area contributed by atoms with Crippen molar-refractivity contribution in [3.8, 4) is 0 Å². The van der Waals surface area contributed by atoms with Gasteiger partial charge in [-0.05, 0) is 30.4 Å². The SMILES string of the molecule is Cl.O=C(CCC1CCOC1)N1CCNCC1c1cccnc1. The Hall–Kier alpha value is -1.17. The lowest BCUT2D eigenvalue weighted by Crippen LogP contribution is -2.48. The molecule has 1 aromatic rings. The average molecular weight is 326 g/mol. The van der Waals surface area contributed by atoms with Crippen molar-refractivity contribution in [2.24, 2.45) is 5.92 Å². The zero-order chi connectivity index (χ0) is 14.5. The summed E-state index contributed by atoms with van der Waals surface area (Å²) in [6.45, 7) is 4.13. The third-order valence-electron chi connectivity index (χ3n) is 4.42. The molecule has 3 heterocycles. The van der Waals surface area contributed by atoms with E-state index in [0.717, 1.165) is 51.3 Å². The van der Waals surface area contributed by atoms with E-state index in [2.05, 4.69) is 16.4 Å². The summed E-state index contributed by atoms with van der Waals surface area (Å²) in [5.74, 6) is 0.825. The van der Waals surface area contributed by atoms with Crippen LogP contribution in [0.2, 0.25) is 0 Å². The van der Waals surface area contributed by atoms with Gasteiger partial charge in [0.1, 0.15) is 0 Å². The molecule has 2 aliphatic heterocycles. The maximum Gasteiger partial charge on any atom is 0.223 e. The lowest BCUT2D eigenvalue weighted by Gasteiger charge is -2.36. The van der Waals surface area contributed by atoms with Crippen LogP contribution >= 0.6 is 12.4 Å². The highest BCUT2D eigenvalue weighted by molar-refractivity contribution is 5.85. The number of hydrogen-bond acceptors (Lipinski definition) is 4. The first-order valence-electron chi connectivity index (χ1n) is 7.82. The normalized spacial score (nSPS) is 24.8. The summed E-state index contributed by atoms with van der Waals surface area (Å²) in [5.41, 5.74) is 1.11. The number of nitrogens with one attached hydrogen (secondary N) is 1. The quantitative estimate of drug-likeness (QED) is 0.917. The smallest absolute Gasteiger partial charge is 0.223 e. The summed E-state index contributed by atoms with van der Waals surface area (Å²) in [5, 5.41) is 3.37. The predicted molar refractivity (Wildman–Crippen MR) is 87.0 cm³/mol. The molecule has 0 aliphatic carbocycles. The van der Waals surface area contributed by atoms with Crippen LogP contribution in [0.4, 0.5) is 0 Å². The number of ether oxygens (including phenoxy) is 1. The van der Waals surface area contributed by atoms with Crippen molar-refractivity contribution in [1.29, 1.82) is 0 Å². The molecule has 3 rings (SSSR count). The Balaban J connectivity index is 0.00000176. The highest BCUT2D eigenvalue weighted by atomic mass is 35.5. The zero-order valence-electron chi connectivity index (χ0n) is 12.7. The molecule has 1 N–H and O–H groups in total. The maximum atomic E-state index is 12.6. The van der Waals surface area contributed by atoms with Gasteiger partial charge in [-0.2, -0.15) is 0 Å². The molecule has 0 spiro atoms. The zero-order valence-corrected chi connectivity index (χ0v) is 13.6. The Morgan fingerprint density at radius 1 is 1.50 bits per heavy atom. The first-order valence-corrected chi connectivity index (χ1v) is 7.82. The monoisotopic (exact) mass is 325 g/mol. The molecule has 0 radical (unpaired) electrons. The fraction of sp³-hybridized carbons (Fsp3) is 0.625. The molecule has 5 nitrogen and oxygen atoms in total. The topological polar surface area (TPSA) is 54.5 Å². The Morgan fingerprint density at radius 2 is 2.41 bits per heavy atom. The fourth-order valence-electron chi connectivity index (χ4n) is 3.16. The van der Waals surface area contributed by atoms with Crippen molar-refractivity contribution in [2.75, 3.05) is 32.8 Å². The van der Waals surface area contributed by atoms with Gasteiger partial charge < -0.3 is 15.0 Å². The Kier molecular flexibility index (Phi) is 6.61. The molecule has 6 heteroatoms. The summed E-state index contributed by atoms with van der Waals surface area (Å²) >= 11 is 0. The van der Waals surface area contributed by atoms with Gasteiger partial charge in [-0.15, -0.1) is 12.4 Å². The molecule has 0 saturated carbocycles. The van der Waals surface area contributed by atoms with E-state index >= 15 is 0 Å². The minimum absolute atomic E-state index is 0. The van der Waals surface area contributed by atoms with Crippen LogP contribution in [-0.2, 0) is 9.53 Å². The second-order valence-electron chi connectivity index (χ2n) is 5.86. The van der Waals surface area contributed by atoms with Crippen molar-refractivity contribution in [1.82, 2.24) is 15.2 Å². The van der Waals surface area contributed by atoms with Crippen LogP contribution < -0.4 is 5.32 Å². The molecular weight excluding hydrogens is 302 g/mol. The minimum atomic E-state index is 0. The van der Waals surface area contributed by atoms with Crippen molar-refractivity contribution in [3.63, 3.8) is 0 Å². The minimum Gasteiger partial charge on any atom is -0.381 e. The molecule has 0 aromatic carbocycles. The van der Waals surface area contributed by atoms with Gasteiger partial charge in [-0.3, -0.25) is 9.78 Å². The molecule has 2 aliphatic rings. The lowest BCUT2D eigenvalue weighted by atomic mass is 10.0. The highest BCUT2D eigenvalue weighted by Crippen LogP contribution is 2.24. The predicted octanol–water partition coefficient (Wildman–Crippen LogP) is 1.79. The average Bonchev–Trinajstić information content (AvgIpc) is 3.07. The first kappa shape index (κ1) is 17.2. The standard InChI is InChI=1S/C16H23N3O2.ClH/c20-16(4-3-13-5-9-21-12-13)19-8-7-18-11-15(19)14-2-1-6-17-10-14;/h1-2,6,10,13,15,18H,3-5,7-9,11-12H2;1H. The largest absolute Gasteiger partial charge is 0.381 e. The molecule has 22 heavy (non-hydrogen) atoms. The van der Waals surface area contributed by atoms with Crippen molar-refractivity contribution in [3.05, 3.63) is 30.1 Å². The summed E-state index contributed by atoms with van der Waals surface area (Å²) in [6, 6.07) is 4.10. The summed E-state index contributed by atoms with van der Waals surface area (Å²) in [7, 11) is 0. The van der Waals surface area contributed by atoms with Crippen molar-refractivity contribution in [2.45, 2.75) is 25.3 Å². The fourth-order valence-corrected chi connectivity index (χ4v) is 3.16. The Morgan fingerprint density at radius 3 is 3.14 bits per heavy atom. The van der Waals surface area contributed by atoms with Crippen LogP contribution in [0.25, 0.3) is 0 Å². The van der Waals surface area contributed by atoms with Gasteiger partial charge in [-0.25, -0.2) is 0 Å². The van der Waals surface area contributed by atoms with Crippen LogP contribution in [-0.4, -0.2) is 48.6 Å². The van der Waals surface area contributed by atoms with Crippen LogP contribution in [0.15, 0.2) is 24.5 Å². The van der Waals surface area contributed by atoms with E-state index in [4.69, 9.17) is 4.74 Å². The maximum absolute atomic E-state index is 12.6. The van der Waals surface area contributed by atoms with Crippen LogP contribution in [0.1, 0.15) is 30.9 Å². The van der Waals surface area contributed by atoms with Crippen LogP contribution in [0.3, 0.4) is 0 Å². The first-order chi connectivity index (χ1) is 10.3. The van der Waals surface area contributed by atoms with Gasteiger partial charge in [0.05, 0.1) is 6.04 Å². The number of aromatic nitrogens is 1. The third kappa shape index (κ3) is 4.18. The molecule has 122 valence electrons. The second-order valence-corrected chi connectivity index (χ2v) is 5.86.